The first kappa shape index (κ1) is 13.9. The van der Waals surface area contributed by atoms with Gasteiger partial charge in [-0.3, -0.25) is 0 Å². The van der Waals surface area contributed by atoms with Gasteiger partial charge in [0.05, 0.1) is 5.75 Å². The van der Waals surface area contributed by atoms with E-state index in [1.54, 1.807) is 19.1 Å². The first-order chi connectivity index (χ1) is 10.1. The summed E-state index contributed by atoms with van der Waals surface area (Å²) in [5.41, 5.74) is 0.806. The van der Waals surface area contributed by atoms with Crippen LogP contribution in [0.4, 0.5) is 0 Å². The van der Waals surface area contributed by atoms with Crippen LogP contribution < -0.4 is 5.84 Å². The van der Waals surface area contributed by atoms with Crippen LogP contribution in [0.5, 0.6) is 0 Å². The minimum absolute atomic E-state index is 0.461. The second-order valence-corrected chi connectivity index (χ2v) is 5.59. The first-order valence-corrected chi connectivity index (χ1v) is 7.38. The number of nitrogens with two attached hydrogens (primary N) is 1. The van der Waals surface area contributed by atoms with Crippen molar-refractivity contribution < 1.29 is 4.52 Å². The van der Waals surface area contributed by atoms with E-state index in [0.29, 0.717) is 33.5 Å². The molecule has 0 radical (unpaired) electrons. The zero-order valence-electron chi connectivity index (χ0n) is 11.0. The summed E-state index contributed by atoms with van der Waals surface area (Å²) in [5, 5.41) is 13.0. The Kier molecular flexibility index (Phi) is 3.80. The molecule has 0 aliphatic carbocycles. The van der Waals surface area contributed by atoms with Gasteiger partial charge in [0.1, 0.15) is 5.82 Å². The fourth-order valence-corrected chi connectivity index (χ4v) is 2.56. The lowest BCUT2D eigenvalue weighted by atomic mass is 10.2. The van der Waals surface area contributed by atoms with E-state index in [4.69, 9.17) is 22.0 Å². The second-order valence-electron chi connectivity index (χ2n) is 4.21. The third-order valence-electron chi connectivity index (χ3n) is 2.71. The minimum Gasteiger partial charge on any atom is -0.338 e. The molecule has 3 rings (SSSR count). The van der Waals surface area contributed by atoms with Crippen molar-refractivity contribution in [1.82, 2.24) is 25.0 Å². The molecule has 7 nitrogen and oxygen atoms in total. The Bertz CT molecular complexity index is 771. The molecule has 1 aromatic carbocycles. The molecule has 2 heterocycles. The highest BCUT2D eigenvalue weighted by Gasteiger charge is 2.12. The third kappa shape index (κ3) is 3.01. The number of hydrogen-bond acceptors (Lipinski definition) is 7. The molecule has 2 aromatic heterocycles. The summed E-state index contributed by atoms with van der Waals surface area (Å²) in [6.45, 7) is 1.78. The number of nitrogens with zero attached hydrogens (tertiary/aromatic N) is 5. The SMILES string of the molecule is Cc1nnc(SCc2nc(-c3cccc(Cl)c3)no2)n1N. The summed E-state index contributed by atoms with van der Waals surface area (Å²) in [5.74, 6) is 7.85. The van der Waals surface area contributed by atoms with Gasteiger partial charge in [-0.05, 0) is 19.1 Å². The van der Waals surface area contributed by atoms with Crippen molar-refractivity contribution in [2.75, 3.05) is 5.84 Å². The number of aromatic nitrogens is 5. The van der Waals surface area contributed by atoms with E-state index in [0.717, 1.165) is 5.56 Å². The molecular weight excluding hydrogens is 312 g/mol. The lowest BCUT2D eigenvalue weighted by Gasteiger charge is -1.98. The summed E-state index contributed by atoms with van der Waals surface area (Å²) in [6, 6.07) is 7.27. The molecule has 0 saturated heterocycles. The predicted molar refractivity (Wildman–Crippen MR) is 79.2 cm³/mol. The molecular formula is C12H11ClN6OS. The third-order valence-corrected chi connectivity index (χ3v) is 3.87. The largest absolute Gasteiger partial charge is 0.338 e. The Morgan fingerprint density at radius 2 is 2.24 bits per heavy atom. The van der Waals surface area contributed by atoms with Crippen molar-refractivity contribution in [1.29, 1.82) is 0 Å². The van der Waals surface area contributed by atoms with Gasteiger partial charge >= 0.3 is 0 Å². The van der Waals surface area contributed by atoms with Crippen LogP contribution in [0.2, 0.25) is 5.02 Å². The van der Waals surface area contributed by atoms with E-state index in [2.05, 4.69) is 20.3 Å². The van der Waals surface area contributed by atoms with Gasteiger partial charge in [0.15, 0.2) is 0 Å². The van der Waals surface area contributed by atoms with Crippen molar-refractivity contribution in [3.63, 3.8) is 0 Å². The van der Waals surface area contributed by atoms with Gasteiger partial charge in [-0.15, -0.1) is 10.2 Å². The fraction of sp³-hybridized carbons (Fsp3) is 0.167. The Hall–Kier alpha value is -2.06. The van der Waals surface area contributed by atoms with Crippen molar-refractivity contribution in [2.45, 2.75) is 17.8 Å². The standard InChI is InChI=1S/C12H11ClN6OS/c1-7-16-17-12(19(7)14)21-6-10-15-11(18-20-10)8-3-2-4-9(13)5-8/h2-5H,6,14H2,1H3. The van der Waals surface area contributed by atoms with Gasteiger partial charge in [-0.25, -0.2) is 4.68 Å². The van der Waals surface area contributed by atoms with Gasteiger partial charge in [0.25, 0.3) is 0 Å². The van der Waals surface area contributed by atoms with Crippen molar-refractivity contribution in [2.24, 2.45) is 0 Å². The second kappa shape index (κ2) is 5.74. The van der Waals surface area contributed by atoms with Crippen LogP contribution in [-0.2, 0) is 5.75 Å². The van der Waals surface area contributed by atoms with Crippen molar-refractivity contribution in [3.8, 4) is 11.4 Å². The highest BCUT2D eigenvalue weighted by Crippen LogP contribution is 2.23. The van der Waals surface area contributed by atoms with Crippen LogP contribution in [0.1, 0.15) is 11.7 Å². The van der Waals surface area contributed by atoms with E-state index in [1.807, 2.05) is 12.1 Å². The smallest absolute Gasteiger partial charge is 0.237 e. The monoisotopic (exact) mass is 322 g/mol. The maximum atomic E-state index is 5.94. The molecule has 0 aliphatic heterocycles. The number of hydrogen-bond donors (Lipinski definition) is 1. The molecule has 2 N–H and O–H groups in total. The van der Waals surface area contributed by atoms with Crippen molar-refractivity contribution in [3.05, 3.63) is 41.0 Å². The zero-order chi connectivity index (χ0) is 14.8. The lowest BCUT2D eigenvalue weighted by Crippen LogP contribution is -2.11. The Morgan fingerprint density at radius 3 is 2.95 bits per heavy atom. The van der Waals surface area contributed by atoms with E-state index in [-0.39, 0.29) is 0 Å². The minimum atomic E-state index is 0.461. The number of benzene rings is 1. The van der Waals surface area contributed by atoms with E-state index in [9.17, 15) is 0 Å². The molecule has 3 aromatic rings. The van der Waals surface area contributed by atoms with Crippen LogP contribution in [-0.4, -0.2) is 25.0 Å². The molecule has 0 fully saturated rings. The summed E-state index contributed by atoms with van der Waals surface area (Å²) in [4.78, 5) is 4.32. The van der Waals surface area contributed by atoms with Gasteiger partial charge in [0.2, 0.25) is 16.9 Å². The normalized spacial score (nSPS) is 11.0. The van der Waals surface area contributed by atoms with Gasteiger partial charge in [-0.1, -0.05) is 40.7 Å². The number of rotatable bonds is 4. The maximum Gasteiger partial charge on any atom is 0.237 e. The number of aryl methyl sites for hydroxylation is 1. The van der Waals surface area contributed by atoms with Crippen LogP contribution in [0.25, 0.3) is 11.4 Å². The highest BCUT2D eigenvalue weighted by atomic mass is 35.5. The van der Waals surface area contributed by atoms with Crippen LogP contribution in [0.3, 0.4) is 0 Å². The first-order valence-electron chi connectivity index (χ1n) is 6.02. The summed E-state index contributed by atoms with van der Waals surface area (Å²) >= 11 is 7.32. The Balaban J connectivity index is 1.72. The van der Waals surface area contributed by atoms with Crippen LogP contribution >= 0.6 is 23.4 Å². The average Bonchev–Trinajstić information content (AvgIpc) is 3.06. The molecule has 0 amide bonds. The van der Waals surface area contributed by atoms with E-state index < -0.39 is 0 Å². The number of halogens is 1. The summed E-state index contributed by atoms with van der Waals surface area (Å²) < 4.78 is 6.62. The molecule has 0 unspecified atom stereocenters. The van der Waals surface area contributed by atoms with Gasteiger partial charge < -0.3 is 10.4 Å². The highest BCUT2D eigenvalue weighted by molar-refractivity contribution is 7.98. The Labute approximate surface area is 129 Å². The van der Waals surface area contributed by atoms with Gasteiger partial charge in [0, 0.05) is 10.6 Å². The quantitative estimate of drug-likeness (QED) is 0.581. The molecule has 0 atom stereocenters. The summed E-state index contributed by atoms with van der Waals surface area (Å²) in [6.07, 6.45) is 0. The van der Waals surface area contributed by atoms with Crippen molar-refractivity contribution >= 4 is 23.4 Å². The molecule has 0 aliphatic rings. The zero-order valence-corrected chi connectivity index (χ0v) is 12.6. The fourth-order valence-electron chi connectivity index (χ4n) is 1.63. The molecule has 0 spiro atoms. The van der Waals surface area contributed by atoms with Crippen LogP contribution in [0, 0.1) is 6.92 Å². The molecule has 0 saturated carbocycles. The van der Waals surface area contributed by atoms with E-state index in [1.165, 1.54) is 16.4 Å². The number of thioether (sulfide) groups is 1. The Morgan fingerprint density at radius 1 is 1.38 bits per heavy atom. The molecule has 21 heavy (non-hydrogen) atoms. The molecule has 0 bridgehead atoms. The predicted octanol–water partition coefficient (Wildman–Crippen LogP) is 2.30. The average molecular weight is 323 g/mol. The maximum absolute atomic E-state index is 5.94. The van der Waals surface area contributed by atoms with Gasteiger partial charge in [-0.2, -0.15) is 4.98 Å². The van der Waals surface area contributed by atoms with E-state index >= 15 is 0 Å². The van der Waals surface area contributed by atoms with Crippen LogP contribution in [0.15, 0.2) is 33.9 Å². The lowest BCUT2D eigenvalue weighted by molar-refractivity contribution is 0.391. The topological polar surface area (TPSA) is 95.6 Å². The molecule has 108 valence electrons. The summed E-state index contributed by atoms with van der Waals surface area (Å²) in [7, 11) is 0. The number of nitrogen functional groups attached to an aromatic ring is 1. The molecule has 9 heteroatoms.